The quantitative estimate of drug-likeness (QED) is 0.636. The first-order valence-electron chi connectivity index (χ1n) is 5.42. The average Bonchev–Trinajstić information content (AvgIpc) is 2.17. The zero-order valence-corrected chi connectivity index (χ0v) is 11.1. The Morgan fingerprint density at radius 1 is 1.35 bits per heavy atom. The van der Waals surface area contributed by atoms with E-state index in [1.165, 1.54) is 0 Å². The van der Waals surface area contributed by atoms with Crippen LogP contribution in [0.1, 0.15) is 25.7 Å². The molecule has 0 amide bonds. The van der Waals surface area contributed by atoms with E-state index >= 15 is 0 Å². The summed E-state index contributed by atoms with van der Waals surface area (Å²) < 4.78 is 25.7. The van der Waals surface area contributed by atoms with Crippen molar-refractivity contribution < 1.29 is 18.3 Å². The van der Waals surface area contributed by atoms with E-state index in [0.717, 1.165) is 25.9 Å². The van der Waals surface area contributed by atoms with Crippen molar-refractivity contribution in [3.8, 4) is 0 Å². The number of hydrogen-bond acceptors (Lipinski definition) is 4. The molecule has 1 heterocycles. The summed E-state index contributed by atoms with van der Waals surface area (Å²) in [5, 5.41) is 11.6. The van der Waals surface area contributed by atoms with E-state index in [4.69, 9.17) is 5.11 Å². The summed E-state index contributed by atoms with van der Waals surface area (Å²) in [5.74, 6) is -1.07. The first kappa shape index (κ1) is 16.6. The highest BCUT2D eigenvalue weighted by Crippen LogP contribution is 2.05. The molecule has 1 saturated heterocycles. The van der Waals surface area contributed by atoms with Gasteiger partial charge < -0.3 is 10.4 Å². The molecule has 1 aliphatic rings. The van der Waals surface area contributed by atoms with Gasteiger partial charge in [0.15, 0.2) is 0 Å². The Kier molecular flexibility index (Phi) is 7.69. The number of carboxylic acids is 1. The summed E-state index contributed by atoms with van der Waals surface area (Å²) in [7, 11) is -3.32. The van der Waals surface area contributed by atoms with Gasteiger partial charge in [0.05, 0.1) is 5.75 Å². The van der Waals surface area contributed by atoms with Crippen molar-refractivity contribution in [1.82, 2.24) is 10.0 Å². The summed E-state index contributed by atoms with van der Waals surface area (Å²) in [4.78, 5) is 10.3. The zero-order valence-electron chi connectivity index (χ0n) is 9.52. The molecule has 8 heteroatoms. The molecular weight excluding hydrogens is 268 g/mol. The van der Waals surface area contributed by atoms with Gasteiger partial charge in [-0.05, 0) is 32.4 Å². The minimum absolute atomic E-state index is 0. The van der Waals surface area contributed by atoms with Crippen molar-refractivity contribution in [2.24, 2.45) is 0 Å². The minimum atomic E-state index is -3.32. The fourth-order valence-electron chi connectivity index (χ4n) is 1.67. The second kappa shape index (κ2) is 7.86. The number of sulfonamides is 1. The summed E-state index contributed by atoms with van der Waals surface area (Å²) in [6.07, 6.45) is 1.64. The Balaban J connectivity index is 0.00000256. The van der Waals surface area contributed by atoms with E-state index in [9.17, 15) is 13.2 Å². The molecule has 0 radical (unpaired) electrons. The second-order valence-electron chi connectivity index (χ2n) is 3.96. The van der Waals surface area contributed by atoms with Gasteiger partial charge in [-0.2, -0.15) is 0 Å². The van der Waals surface area contributed by atoms with Crippen molar-refractivity contribution in [3.63, 3.8) is 0 Å². The number of aliphatic carboxylic acids is 1. The van der Waals surface area contributed by atoms with Crippen LogP contribution < -0.4 is 10.0 Å². The Bertz CT molecular complexity index is 328. The Morgan fingerprint density at radius 2 is 1.94 bits per heavy atom. The monoisotopic (exact) mass is 286 g/mol. The van der Waals surface area contributed by atoms with Crippen LogP contribution in [0, 0.1) is 0 Å². The minimum Gasteiger partial charge on any atom is -0.481 e. The van der Waals surface area contributed by atoms with Crippen LogP contribution in [0.3, 0.4) is 0 Å². The molecule has 0 bridgehead atoms. The average molecular weight is 287 g/mol. The molecule has 1 aliphatic heterocycles. The lowest BCUT2D eigenvalue weighted by molar-refractivity contribution is -0.137. The zero-order chi connectivity index (χ0) is 12.0. The highest BCUT2D eigenvalue weighted by Gasteiger charge is 2.19. The molecule has 17 heavy (non-hydrogen) atoms. The van der Waals surface area contributed by atoms with Crippen molar-refractivity contribution in [1.29, 1.82) is 0 Å². The van der Waals surface area contributed by atoms with E-state index in [-0.39, 0.29) is 37.0 Å². The van der Waals surface area contributed by atoms with Crippen LogP contribution in [-0.4, -0.2) is 44.4 Å². The molecule has 0 spiro atoms. The molecule has 1 rings (SSSR count). The standard InChI is InChI=1S/C9H18N2O4S.ClH/c12-9(13)2-1-7-16(14,15)11-8-3-5-10-6-4-8;/h8,10-11H,1-7H2,(H,12,13);1H. The fourth-order valence-corrected chi connectivity index (χ4v) is 3.05. The van der Waals surface area contributed by atoms with Crippen molar-refractivity contribution >= 4 is 28.4 Å². The van der Waals surface area contributed by atoms with Crippen LogP contribution in [0.4, 0.5) is 0 Å². The van der Waals surface area contributed by atoms with E-state index in [1.807, 2.05) is 0 Å². The maximum absolute atomic E-state index is 11.6. The highest BCUT2D eigenvalue weighted by molar-refractivity contribution is 7.89. The van der Waals surface area contributed by atoms with Gasteiger partial charge in [-0.15, -0.1) is 12.4 Å². The summed E-state index contributed by atoms with van der Waals surface area (Å²) >= 11 is 0. The molecule has 0 unspecified atom stereocenters. The van der Waals surface area contributed by atoms with Crippen molar-refractivity contribution in [3.05, 3.63) is 0 Å². The van der Waals surface area contributed by atoms with Gasteiger partial charge in [-0.3, -0.25) is 4.79 Å². The molecule has 6 nitrogen and oxygen atoms in total. The highest BCUT2D eigenvalue weighted by atomic mass is 35.5. The van der Waals surface area contributed by atoms with Crippen LogP contribution in [0.15, 0.2) is 0 Å². The Labute approximate surface area is 108 Å². The lowest BCUT2D eigenvalue weighted by Crippen LogP contribution is -2.43. The molecule has 0 aromatic rings. The third-order valence-electron chi connectivity index (χ3n) is 2.49. The maximum Gasteiger partial charge on any atom is 0.303 e. The molecule has 0 aromatic carbocycles. The fraction of sp³-hybridized carbons (Fsp3) is 0.889. The van der Waals surface area contributed by atoms with Crippen LogP contribution >= 0.6 is 12.4 Å². The first-order chi connectivity index (χ1) is 7.49. The number of piperidine rings is 1. The van der Waals surface area contributed by atoms with Gasteiger partial charge in [0.25, 0.3) is 0 Å². The SMILES string of the molecule is Cl.O=C(O)CCCS(=O)(=O)NC1CCNCC1. The number of halogens is 1. The third kappa shape index (κ3) is 7.54. The molecule has 0 aromatic heterocycles. The van der Waals surface area contributed by atoms with Gasteiger partial charge >= 0.3 is 5.97 Å². The molecule has 3 N–H and O–H groups in total. The lowest BCUT2D eigenvalue weighted by Gasteiger charge is -2.23. The van der Waals surface area contributed by atoms with Crippen molar-refractivity contribution in [2.75, 3.05) is 18.8 Å². The largest absolute Gasteiger partial charge is 0.481 e. The predicted octanol–water partition coefficient (Wildman–Crippen LogP) is -0.0556. The molecule has 0 atom stereocenters. The summed E-state index contributed by atoms with van der Waals surface area (Å²) in [6, 6.07) is -0.00363. The molecule has 0 saturated carbocycles. The predicted molar refractivity (Wildman–Crippen MR) is 66.9 cm³/mol. The second-order valence-corrected chi connectivity index (χ2v) is 5.83. The van der Waals surface area contributed by atoms with E-state index in [2.05, 4.69) is 10.0 Å². The van der Waals surface area contributed by atoms with Gasteiger partial charge in [0.2, 0.25) is 10.0 Å². The van der Waals surface area contributed by atoms with Gasteiger partial charge in [-0.1, -0.05) is 0 Å². The third-order valence-corrected chi connectivity index (χ3v) is 4.01. The smallest absolute Gasteiger partial charge is 0.303 e. The van der Waals surface area contributed by atoms with Crippen LogP contribution in [0.25, 0.3) is 0 Å². The molecule has 102 valence electrons. The van der Waals surface area contributed by atoms with Gasteiger partial charge in [0, 0.05) is 12.5 Å². The normalized spacial score (nSPS) is 17.4. The van der Waals surface area contributed by atoms with E-state index < -0.39 is 16.0 Å². The van der Waals surface area contributed by atoms with Crippen LogP contribution in [-0.2, 0) is 14.8 Å². The number of hydrogen-bond donors (Lipinski definition) is 3. The summed E-state index contributed by atoms with van der Waals surface area (Å²) in [5.41, 5.74) is 0. The first-order valence-corrected chi connectivity index (χ1v) is 7.07. The van der Waals surface area contributed by atoms with Crippen LogP contribution in [0.2, 0.25) is 0 Å². The van der Waals surface area contributed by atoms with Gasteiger partial charge in [0.1, 0.15) is 0 Å². The maximum atomic E-state index is 11.6. The Hall–Kier alpha value is -0.370. The number of nitrogens with one attached hydrogen (secondary N) is 2. The van der Waals surface area contributed by atoms with E-state index in [0.29, 0.717) is 0 Å². The lowest BCUT2D eigenvalue weighted by atomic mass is 10.1. The number of rotatable bonds is 6. The molecule has 1 fully saturated rings. The summed E-state index contributed by atoms with van der Waals surface area (Å²) in [6.45, 7) is 1.64. The number of carbonyl (C=O) groups is 1. The topological polar surface area (TPSA) is 95.5 Å². The van der Waals surface area contributed by atoms with Crippen LogP contribution in [0.5, 0.6) is 0 Å². The molecule has 0 aliphatic carbocycles. The molecular formula is C9H19ClN2O4S. The number of carboxylic acid groups (broad SMARTS) is 1. The van der Waals surface area contributed by atoms with Gasteiger partial charge in [-0.25, -0.2) is 13.1 Å². The Morgan fingerprint density at radius 3 is 2.47 bits per heavy atom. The van der Waals surface area contributed by atoms with E-state index in [1.54, 1.807) is 0 Å². The van der Waals surface area contributed by atoms with Crippen molar-refractivity contribution in [2.45, 2.75) is 31.7 Å².